The quantitative estimate of drug-likeness (QED) is 0.726. The molecule has 1 amide bonds. The fourth-order valence-corrected chi connectivity index (χ4v) is 2.21. The monoisotopic (exact) mass is 309 g/mol. The van der Waals surface area contributed by atoms with Crippen LogP contribution in [-0.2, 0) is 14.3 Å². The summed E-state index contributed by atoms with van der Waals surface area (Å²) in [4.78, 5) is 23.2. The number of nitrogens with one attached hydrogen (secondary N) is 1. The van der Waals surface area contributed by atoms with Crippen molar-refractivity contribution < 1.29 is 24.2 Å². The molecule has 1 rings (SSSR count). The van der Waals surface area contributed by atoms with E-state index in [9.17, 15) is 9.59 Å². The summed E-state index contributed by atoms with van der Waals surface area (Å²) in [5, 5.41) is 11.6. The molecule has 122 valence electrons. The Morgan fingerprint density at radius 1 is 1.27 bits per heavy atom. The molecular formula is C16H23NO5. The van der Waals surface area contributed by atoms with E-state index in [1.165, 1.54) is 7.11 Å². The number of methoxy groups -OCH3 is 2. The van der Waals surface area contributed by atoms with E-state index in [-0.39, 0.29) is 31.3 Å². The summed E-state index contributed by atoms with van der Waals surface area (Å²) >= 11 is 0. The zero-order valence-corrected chi connectivity index (χ0v) is 13.2. The van der Waals surface area contributed by atoms with Gasteiger partial charge in [0.25, 0.3) is 0 Å². The highest BCUT2D eigenvalue weighted by atomic mass is 16.5. The first-order valence-corrected chi connectivity index (χ1v) is 7.13. The van der Waals surface area contributed by atoms with Crippen LogP contribution in [-0.4, -0.2) is 43.9 Å². The van der Waals surface area contributed by atoms with E-state index in [1.54, 1.807) is 7.11 Å². The Balaban J connectivity index is 2.64. The number of carbonyl (C=O) groups is 2. The van der Waals surface area contributed by atoms with Crippen LogP contribution in [0.15, 0.2) is 24.3 Å². The molecule has 0 fully saturated rings. The first-order valence-electron chi connectivity index (χ1n) is 7.13. The summed E-state index contributed by atoms with van der Waals surface area (Å²) in [6, 6.07) is 6.54. The number of carboxylic acids is 1. The van der Waals surface area contributed by atoms with E-state index in [4.69, 9.17) is 14.6 Å². The van der Waals surface area contributed by atoms with Gasteiger partial charge in [-0.25, -0.2) is 4.79 Å². The molecule has 2 N–H and O–H groups in total. The molecule has 0 saturated heterocycles. The smallest absolute Gasteiger partial charge is 0.326 e. The van der Waals surface area contributed by atoms with Crippen LogP contribution in [0.1, 0.15) is 31.2 Å². The maximum absolute atomic E-state index is 12.0. The standard InChI is InChI=1S/C16H23NO5/c1-11(12-6-4-5-7-14(12)22-3)10-15(18)17-13(16(19)20)8-9-21-2/h4-7,11,13H,8-10H2,1-3H3,(H,17,18)(H,19,20). The highest BCUT2D eigenvalue weighted by Gasteiger charge is 2.21. The van der Waals surface area contributed by atoms with Gasteiger partial charge in [-0.15, -0.1) is 0 Å². The highest BCUT2D eigenvalue weighted by molar-refractivity contribution is 5.84. The third-order valence-electron chi connectivity index (χ3n) is 3.41. The molecule has 0 bridgehead atoms. The molecule has 6 heteroatoms. The Hall–Kier alpha value is -2.08. The lowest BCUT2D eigenvalue weighted by Gasteiger charge is -2.18. The number of hydrogen-bond donors (Lipinski definition) is 2. The lowest BCUT2D eigenvalue weighted by Crippen LogP contribution is -2.41. The molecule has 0 aliphatic carbocycles. The van der Waals surface area contributed by atoms with Crippen molar-refractivity contribution in [2.24, 2.45) is 0 Å². The van der Waals surface area contributed by atoms with Crippen molar-refractivity contribution in [3.8, 4) is 5.75 Å². The van der Waals surface area contributed by atoms with Gasteiger partial charge in [0, 0.05) is 26.6 Å². The molecule has 2 atom stereocenters. The van der Waals surface area contributed by atoms with Gasteiger partial charge in [-0.05, 0) is 17.5 Å². The van der Waals surface area contributed by atoms with Crippen LogP contribution in [0.25, 0.3) is 0 Å². The molecule has 6 nitrogen and oxygen atoms in total. The predicted octanol–water partition coefficient (Wildman–Crippen LogP) is 1.79. The first-order chi connectivity index (χ1) is 10.5. The van der Waals surface area contributed by atoms with E-state index in [0.29, 0.717) is 0 Å². The molecule has 0 spiro atoms. The molecule has 0 aromatic heterocycles. The minimum Gasteiger partial charge on any atom is -0.496 e. The zero-order chi connectivity index (χ0) is 16.5. The van der Waals surface area contributed by atoms with Crippen molar-refractivity contribution in [1.29, 1.82) is 0 Å². The fraction of sp³-hybridized carbons (Fsp3) is 0.500. The van der Waals surface area contributed by atoms with Gasteiger partial charge in [-0.2, -0.15) is 0 Å². The molecule has 1 aromatic carbocycles. The second-order valence-electron chi connectivity index (χ2n) is 5.09. The van der Waals surface area contributed by atoms with Crippen LogP contribution in [0.2, 0.25) is 0 Å². The van der Waals surface area contributed by atoms with Crippen LogP contribution in [0.5, 0.6) is 5.75 Å². The van der Waals surface area contributed by atoms with Crippen molar-refractivity contribution in [1.82, 2.24) is 5.32 Å². The van der Waals surface area contributed by atoms with E-state index in [0.717, 1.165) is 11.3 Å². The van der Waals surface area contributed by atoms with Crippen LogP contribution in [0.4, 0.5) is 0 Å². The lowest BCUT2D eigenvalue weighted by molar-refractivity contribution is -0.142. The summed E-state index contributed by atoms with van der Waals surface area (Å²) in [7, 11) is 3.07. The maximum Gasteiger partial charge on any atom is 0.326 e. The predicted molar refractivity (Wildman–Crippen MR) is 82.1 cm³/mol. The zero-order valence-electron chi connectivity index (χ0n) is 13.2. The van der Waals surface area contributed by atoms with Crippen molar-refractivity contribution in [2.45, 2.75) is 31.7 Å². The Kier molecular flexibility index (Phi) is 7.39. The number of hydrogen-bond acceptors (Lipinski definition) is 4. The topological polar surface area (TPSA) is 84.9 Å². The number of aliphatic carboxylic acids is 1. The molecule has 0 saturated carbocycles. The average Bonchev–Trinajstić information content (AvgIpc) is 2.50. The van der Waals surface area contributed by atoms with Crippen LogP contribution in [0, 0.1) is 0 Å². The van der Waals surface area contributed by atoms with Crippen molar-refractivity contribution >= 4 is 11.9 Å². The van der Waals surface area contributed by atoms with Gasteiger partial charge in [0.1, 0.15) is 11.8 Å². The van der Waals surface area contributed by atoms with Gasteiger partial charge in [0.2, 0.25) is 5.91 Å². The summed E-state index contributed by atoms with van der Waals surface area (Å²) in [5.74, 6) is -0.720. The molecule has 0 heterocycles. The second-order valence-corrected chi connectivity index (χ2v) is 5.09. The van der Waals surface area contributed by atoms with Gasteiger partial charge < -0.3 is 19.9 Å². The van der Waals surface area contributed by atoms with Crippen LogP contribution in [0.3, 0.4) is 0 Å². The van der Waals surface area contributed by atoms with Gasteiger partial charge in [-0.1, -0.05) is 25.1 Å². The van der Waals surface area contributed by atoms with E-state index < -0.39 is 12.0 Å². The largest absolute Gasteiger partial charge is 0.496 e. The third kappa shape index (κ3) is 5.37. The molecule has 0 aliphatic heterocycles. The van der Waals surface area contributed by atoms with Gasteiger partial charge in [-0.3, -0.25) is 4.79 Å². The van der Waals surface area contributed by atoms with Gasteiger partial charge in [0.15, 0.2) is 0 Å². The molecule has 1 aromatic rings. The van der Waals surface area contributed by atoms with E-state index in [2.05, 4.69) is 5.32 Å². The number of carboxylic acid groups (broad SMARTS) is 1. The Morgan fingerprint density at radius 2 is 1.95 bits per heavy atom. The number of rotatable bonds is 9. The molecule has 0 aliphatic rings. The number of para-hydroxylation sites is 1. The second kappa shape index (κ2) is 9.04. The van der Waals surface area contributed by atoms with Gasteiger partial charge in [0.05, 0.1) is 7.11 Å². The van der Waals surface area contributed by atoms with Gasteiger partial charge >= 0.3 is 5.97 Å². The number of carbonyl (C=O) groups excluding carboxylic acids is 1. The van der Waals surface area contributed by atoms with Crippen molar-refractivity contribution in [2.75, 3.05) is 20.8 Å². The Bertz CT molecular complexity index is 503. The number of benzene rings is 1. The summed E-state index contributed by atoms with van der Waals surface area (Å²) in [6.07, 6.45) is 0.428. The highest BCUT2D eigenvalue weighted by Crippen LogP contribution is 2.28. The number of ether oxygens (including phenoxy) is 2. The maximum atomic E-state index is 12.0. The molecule has 22 heavy (non-hydrogen) atoms. The SMILES string of the molecule is COCCC(NC(=O)CC(C)c1ccccc1OC)C(=O)O. The third-order valence-corrected chi connectivity index (χ3v) is 3.41. The minimum absolute atomic E-state index is 0.0759. The summed E-state index contributed by atoms with van der Waals surface area (Å²) < 4.78 is 10.1. The summed E-state index contributed by atoms with van der Waals surface area (Å²) in [5.41, 5.74) is 0.920. The Labute approximate surface area is 130 Å². The molecule has 2 unspecified atom stereocenters. The lowest BCUT2D eigenvalue weighted by atomic mass is 9.96. The normalized spacial score (nSPS) is 13.2. The van der Waals surface area contributed by atoms with E-state index in [1.807, 2.05) is 31.2 Å². The first kappa shape index (κ1) is 18.0. The van der Waals surface area contributed by atoms with Crippen molar-refractivity contribution in [3.05, 3.63) is 29.8 Å². The number of amides is 1. The van der Waals surface area contributed by atoms with Crippen LogP contribution >= 0.6 is 0 Å². The Morgan fingerprint density at radius 3 is 2.55 bits per heavy atom. The minimum atomic E-state index is -1.06. The molecule has 0 radical (unpaired) electrons. The average molecular weight is 309 g/mol. The summed E-state index contributed by atoms with van der Waals surface area (Å²) in [6.45, 7) is 2.18. The fourth-order valence-electron chi connectivity index (χ4n) is 2.21. The van der Waals surface area contributed by atoms with Crippen molar-refractivity contribution in [3.63, 3.8) is 0 Å². The molecular weight excluding hydrogens is 286 g/mol. The van der Waals surface area contributed by atoms with Crippen LogP contribution < -0.4 is 10.1 Å². The van der Waals surface area contributed by atoms with E-state index >= 15 is 0 Å².